The summed E-state index contributed by atoms with van der Waals surface area (Å²) in [4.78, 5) is 24.2. The van der Waals surface area contributed by atoms with Crippen LogP contribution in [0.4, 0.5) is 0 Å². The molecule has 1 aromatic rings. The summed E-state index contributed by atoms with van der Waals surface area (Å²) in [6.45, 7) is 1.53. The minimum absolute atomic E-state index is 0.0428. The van der Waals surface area contributed by atoms with E-state index in [9.17, 15) is 18.0 Å². The second kappa shape index (κ2) is 9.29. The van der Waals surface area contributed by atoms with Gasteiger partial charge in [0.25, 0.3) is 0 Å². The van der Waals surface area contributed by atoms with Crippen LogP contribution in [-0.4, -0.2) is 48.4 Å². The summed E-state index contributed by atoms with van der Waals surface area (Å²) in [7, 11) is -3.51. The lowest BCUT2D eigenvalue weighted by molar-refractivity contribution is -0.143. The maximum absolute atomic E-state index is 12.2. The van der Waals surface area contributed by atoms with E-state index in [0.717, 1.165) is 23.3 Å². The lowest BCUT2D eigenvalue weighted by Gasteiger charge is -2.21. The molecule has 0 radical (unpaired) electrons. The Bertz CT molecular complexity index is 613. The van der Waals surface area contributed by atoms with Gasteiger partial charge in [0, 0.05) is 6.54 Å². The molecule has 0 heterocycles. The Balaban J connectivity index is 2.73. The third kappa shape index (κ3) is 7.78. The highest BCUT2D eigenvalue weighted by atomic mass is 32.2. The van der Waals surface area contributed by atoms with Crippen molar-refractivity contribution >= 4 is 21.7 Å². The number of carbonyl (C=O) groups excluding carboxylic acids is 1. The van der Waals surface area contributed by atoms with Crippen molar-refractivity contribution in [3.8, 4) is 0 Å². The molecule has 0 saturated heterocycles. The number of carboxylic acids is 1. The fourth-order valence-corrected chi connectivity index (χ4v) is 3.47. The molecule has 0 fully saturated rings. The van der Waals surface area contributed by atoms with Gasteiger partial charge in [-0.1, -0.05) is 50.1 Å². The summed E-state index contributed by atoms with van der Waals surface area (Å²) in [5, 5.41) is 8.94. The number of unbranched alkanes of at least 4 members (excludes halogenated alkanes) is 2. The monoisotopic (exact) mass is 341 g/mol. The van der Waals surface area contributed by atoms with Gasteiger partial charge in [0.1, 0.15) is 12.3 Å². The summed E-state index contributed by atoms with van der Waals surface area (Å²) in [6, 6.07) is 8.89. The molecule has 1 rings (SSSR count). The van der Waals surface area contributed by atoms with Crippen LogP contribution in [0.5, 0.6) is 0 Å². The number of amides is 1. The summed E-state index contributed by atoms with van der Waals surface area (Å²) >= 11 is 0. The van der Waals surface area contributed by atoms with Crippen molar-refractivity contribution in [1.82, 2.24) is 4.90 Å². The lowest BCUT2D eigenvalue weighted by Crippen LogP contribution is -2.39. The van der Waals surface area contributed by atoms with E-state index in [1.807, 2.05) is 13.0 Å². The normalized spacial score (nSPS) is 11.2. The molecule has 1 amide bonds. The maximum atomic E-state index is 12.2. The van der Waals surface area contributed by atoms with Crippen molar-refractivity contribution < 1.29 is 23.1 Å². The van der Waals surface area contributed by atoms with Crippen LogP contribution in [0, 0.1) is 0 Å². The Hall–Kier alpha value is -1.89. The first kappa shape index (κ1) is 19.2. The third-order valence-corrected chi connectivity index (χ3v) is 4.89. The van der Waals surface area contributed by atoms with Gasteiger partial charge in [0.2, 0.25) is 5.91 Å². The van der Waals surface area contributed by atoms with Gasteiger partial charge in [-0.05, 0) is 12.0 Å². The first-order valence-corrected chi connectivity index (χ1v) is 9.40. The van der Waals surface area contributed by atoms with Crippen LogP contribution in [-0.2, 0) is 26.0 Å². The first-order valence-electron chi connectivity index (χ1n) is 7.58. The zero-order valence-corrected chi connectivity index (χ0v) is 14.1. The van der Waals surface area contributed by atoms with Crippen molar-refractivity contribution in [3.63, 3.8) is 0 Å². The second-order valence-electron chi connectivity index (χ2n) is 5.43. The molecular formula is C16H23NO5S. The number of hydrogen-bond acceptors (Lipinski definition) is 4. The van der Waals surface area contributed by atoms with Crippen LogP contribution in [0.1, 0.15) is 31.7 Å². The Morgan fingerprint density at radius 2 is 1.78 bits per heavy atom. The molecule has 0 aliphatic rings. The Morgan fingerprint density at radius 3 is 2.35 bits per heavy atom. The molecule has 0 aromatic heterocycles. The zero-order chi connectivity index (χ0) is 17.3. The fourth-order valence-electron chi connectivity index (χ4n) is 2.12. The number of sulfone groups is 1. The van der Waals surface area contributed by atoms with E-state index in [1.54, 1.807) is 24.3 Å². The zero-order valence-electron chi connectivity index (χ0n) is 13.3. The number of benzene rings is 1. The van der Waals surface area contributed by atoms with Gasteiger partial charge < -0.3 is 10.0 Å². The van der Waals surface area contributed by atoms with Gasteiger partial charge in [-0.15, -0.1) is 0 Å². The van der Waals surface area contributed by atoms with E-state index in [1.165, 1.54) is 0 Å². The van der Waals surface area contributed by atoms with Crippen LogP contribution >= 0.6 is 0 Å². The van der Waals surface area contributed by atoms with E-state index < -0.39 is 34.0 Å². The smallest absolute Gasteiger partial charge is 0.323 e. The molecule has 0 unspecified atom stereocenters. The van der Waals surface area contributed by atoms with Crippen LogP contribution in [0.25, 0.3) is 0 Å². The van der Waals surface area contributed by atoms with E-state index >= 15 is 0 Å². The summed E-state index contributed by atoms with van der Waals surface area (Å²) in [6.07, 6.45) is 2.20. The molecule has 1 aromatic carbocycles. The van der Waals surface area contributed by atoms with E-state index in [4.69, 9.17) is 5.11 Å². The largest absolute Gasteiger partial charge is 0.480 e. The van der Waals surface area contributed by atoms with Gasteiger partial charge in [-0.25, -0.2) is 8.42 Å². The molecule has 0 aliphatic carbocycles. The van der Waals surface area contributed by atoms with Crippen molar-refractivity contribution in [2.45, 2.75) is 32.7 Å². The van der Waals surface area contributed by atoms with Crippen molar-refractivity contribution in [1.29, 1.82) is 0 Å². The van der Waals surface area contributed by atoms with E-state index in [0.29, 0.717) is 6.42 Å². The fraction of sp³-hybridized carbons (Fsp3) is 0.500. The SMILES string of the molecule is CCCCCS(=O)(=O)CC(=O)N(CC(=O)O)Cc1ccccc1. The number of rotatable bonds is 10. The molecule has 0 saturated carbocycles. The quantitative estimate of drug-likeness (QED) is 0.654. The molecule has 0 bridgehead atoms. The predicted octanol–water partition coefficient (Wildman–Crippen LogP) is 1.70. The number of carboxylic acid groups (broad SMARTS) is 1. The average Bonchev–Trinajstić information content (AvgIpc) is 2.47. The van der Waals surface area contributed by atoms with Crippen LogP contribution in [0.15, 0.2) is 30.3 Å². The summed E-state index contributed by atoms with van der Waals surface area (Å²) in [5.41, 5.74) is 0.755. The van der Waals surface area contributed by atoms with Crippen LogP contribution < -0.4 is 0 Å². The maximum Gasteiger partial charge on any atom is 0.323 e. The number of aliphatic carboxylic acids is 1. The number of hydrogen-bond donors (Lipinski definition) is 1. The molecule has 1 N–H and O–H groups in total. The van der Waals surface area contributed by atoms with Crippen LogP contribution in [0.2, 0.25) is 0 Å². The van der Waals surface area contributed by atoms with E-state index in [-0.39, 0.29) is 12.3 Å². The van der Waals surface area contributed by atoms with Crippen molar-refractivity contribution in [3.05, 3.63) is 35.9 Å². The lowest BCUT2D eigenvalue weighted by atomic mass is 10.2. The van der Waals surface area contributed by atoms with Gasteiger partial charge in [0.15, 0.2) is 9.84 Å². The number of carbonyl (C=O) groups is 2. The molecule has 128 valence electrons. The molecule has 0 atom stereocenters. The van der Waals surface area contributed by atoms with Gasteiger partial charge in [0.05, 0.1) is 5.75 Å². The molecular weight excluding hydrogens is 318 g/mol. The average molecular weight is 341 g/mol. The molecule has 0 aliphatic heterocycles. The molecule has 23 heavy (non-hydrogen) atoms. The first-order chi connectivity index (χ1) is 10.8. The minimum atomic E-state index is -3.51. The topological polar surface area (TPSA) is 91.8 Å². The summed E-state index contributed by atoms with van der Waals surface area (Å²) in [5.74, 6) is -2.53. The van der Waals surface area contributed by atoms with Gasteiger partial charge >= 0.3 is 5.97 Å². The van der Waals surface area contributed by atoms with Crippen molar-refractivity contribution in [2.75, 3.05) is 18.1 Å². The molecule has 6 nitrogen and oxygen atoms in total. The van der Waals surface area contributed by atoms with Gasteiger partial charge in [-0.3, -0.25) is 9.59 Å². The van der Waals surface area contributed by atoms with Gasteiger partial charge in [-0.2, -0.15) is 0 Å². The van der Waals surface area contributed by atoms with E-state index in [2.05, 4.69) is 0 Å². The predicted molar refractivity (Wildman–Crippen MR) is 87.7 cm³/mol. The Morgan fingerprint density at radius 1 is 1.13 bits per heavy atom. The molecule has 0 spiro atoms. The molecule has 7 heteroatoms. The highest BCUT2D eigenvalue weighted by molar-refractivity contribution is 7.92. The standard InChI is InChI=1S/C16H23NO5S/c1-2-3-7-10-23(21,22)13-15(18)17(12-16(19)20)11-14-8-5-4-6-9-14/h4-6,8-9H,2-3,7,10-13H2,1H3,(H,19,20). The Kier molecular flexibility index (Phi) is 7.74. The second-order valence-corrected chi connectivity index (χ2v) is 7.61. The number of nitrogens with zero attached hydrogens (tertiary/aromatic N) is 1. The van der Waals surface area contributed by atoms with Crippen LogP contribution in [0.3, 0.4) is 0 Å². The third-order valence-electron chi connectivity index (χ3n) is 3.30. The highest BCUT2D eigenvalue weighted by Crippen LogP contribution is 2.07. The Labute approximate surface area is 137 Å². The highest BCUT2D eigenvalue weighted by Gasteiger charge is 2.23. The minimum Gasteiger partial charge on any atom is -0.480 e. The van der Waals surface area contributed by atoms with Crippen molar-refractivity contribution in [2.24, 2.45) is 0 Å². The summed E-state index contributed by atoms with van der Waals surface area (Å²) < 4.78 is 23.9.